The van der Waals surface area contributed by atoms with Gasteiger partial charge in [-0.1, -0.05) is 36.8 Å². The molecule has 0 spiro atoms. The molecule has 1 aromatic carbocycles. The summed E-state index contributed by atoms with van der Waals surface area (Å²) in [6.07, 6.45) is 1.78. The summed E-state index contributed by atoms with van der Waals surface area (Å²) in [5, 5.41) is 9.38. The van der Waals surface area contributed by atoms with E-state index in [-0.39, 0.29) is 5.92 Å². The quantitative estimate of drug-likeness (QED) is 0.804. The fourth-order valence-electron chi connectivity index (χ4n) is 2.44. The second-order valence-electron chi connectivity index (χ2n) is 4.58. The highest BCUT2D eigenvalue weighted by molar-refractivity contribution is 5.83. The molecule has 0 aliphatic heterocycles. The first-order valence-corrected chi connectivity index (χ1v) is 5.38. The summed E-state index contributed by atoms with van der Waals surface area (Å²) in [5.74, 6) is -0.428. The van der Waals surface area contributed by atoms with E-state index in [0.29, 0.717) is 0 Å². The summed E-state index contributed by atoms with van der Waals surface area (Å²) < 4.78 is 0. The van der Waals surface area contributed by atoms with Crippen molar-refractivity contribution in [1.29, 1.82) is 0 Å². The van der Waals surface area contributed by atoms with Crippen molar-refractivity contribution in [1.82, 2.24) is 0 Å². The van der Waals surface area contributed by atoms with Gasteiger partial charge in [-0.05, 0) is 31.2 Å². The number of hydrogen-bond donors (Lipinski definition) is 1. The van der Waals surface area contributed by atoms with Gasteiger partial charge < -0.3 is 5.11 Å². The Morgan fingerprint density at radius 3 is 2.33 bits per heavy atom. The Hall–Kier alpha value is -1.31. The lowest BCUT2D eigenvalue weighted by atomic mass is 9.57. The zero-order valence-corrected chi connectivity index (χ0v) is 9.16. The molecule has 1 aliphatic carbocycles. The van der Waals surface area contributed by atoms with Gasteiger partial charge in [-0.25, -0.2) is 0 Å². The molecule has 1 aliphatic rings. The van der Waals surface area contributed by atoms with Crippen LogP contribution in [0.3, 0.4) is 0 Å². The maximum Gasteiger partial charge on any atom is 0.314 e. The lowest BCUT2D eigenvalue weighted by Crippen LogP contribution is -2.49. The lowest BCUT2D eigenvalue weighted by Gasteiger charge is -2.44. The highest BCUT2D eigenvalue weighted by Gasteiger charge is 2.51. The Morgan fingerprint density at radius 1 is 1.40 bits per heavy atom. The van der Waals surface area contributed by atoms with Crippen molar-refractivity contribution < 1.29 is 9.90 Å². The summed E-state index contributed by atoms with van der Waals surface area (Å²) in [6.45, 7) is 4.04. The van der Waals surface area contributed by atoms with Gasteiger partial charge in [0.05, 0.1) is 5.41 Å². The fraction of sp³-hybridized carbons (Fsp3) is 0.462. The zero-order valence-electron chi connectivity index (χ0n) is 9.16. The van der Waals surface area contributed by atoms with Crippen LogP contribution in [0.2, 0.25) is 0 Å². The number of carbonyl (C=O) groups is 1. The normalized spacial score (nSPS) is 29.6. The molecule has 1 saturated carbocycles. The molecule has 0 radical (unpaired) electrons. The van der Waals surface area contributed by atoms with E-state index in [1.807, 2.05) is 38.1 Å². The molecule has 0 saturated heterocycles. The maximum absolute atomic E-state index is 11.4. The van der Waals surface area contributed by atoms with Crippen molar-refractivity contribution in [2.24, 2.45) is 5.92 Å². The second-order valence-corrected chi connectivity index (χ2v) is 4.58. The number of hydrogen-bond acceptors (Lipinski definition) is 1. The van der Waals surface area contributed by atoms with Crippen LogP contribution in [0.5, 0.6) is 0 Å². The van der Waals surface area contributed by atoms with Crippen LogP contribution in [0.15, 0.2) is 24.3 Å². The van der Waals surface area contributed by atoms with E-state index in [1.54, 1.807) is 0 Å². The lowest BCUT2D eigenvalue weighted by molar-refractivity contribution is -0.151. The molecule has 0 heterocycles. The van der Waals surface area contributed by atoms with Gasteiger partial charge in [0.15, 0.2) is 0 Å². The van der Waals surface area contributed by atoms with Crippen molar-refractivity contribution in [2.45, 2.75) is 32.1 Å². The minimum absolute atomic E-state index is 0.248. The number of carboxylic acids is 1. The maximum atomic E-state index is 11.4. The van der Waals surface area contributed by atoms with Crippen LogP contribution in [0.25, 0.3) is 0 Å². The first-order valence-electron chi connectivity index (χ1n) is 5.38. The minimum atomic E-state index is -0.676. The van der Waals surface area contributed by atoms with E-state index < -0.39 is 11.4 Å². The Morgan fingerprint density at radius 2 is 2.00 bits per heavy atom. The number of rotatable bonds is 2. The summed E-state index contributed by atoms with van der Waals surface area (Å²) in [5.41, 5.74) is 1.51. The van der Waals surface area contributed by atoms with Crippen molar-refractivity contribution in [3.63, 3.8) is 0 Å². The van der Waals surface area contributed by atoms with E-state index in [1.165, 1.54) is 5.56 Å². The highest BCUT2D eigenvalue weighted by Crippen LogP contribution is 2.48. The number of aliphatic carboxylic acids is 1. The Kier molecular flexibility index (Phi) is 2.29. The molecule has 15 heavy (non-hydrogen) atoms. The molecule has 1 N–H and O–H groups in total. The smallest absolute Gasteiger partial charge is 0.314 e. The van der Waals surface area contributed by atoms with Crippen LogP contribution < -0.4 is 0 Å². The Balaban J connectivity index is 2.42. The van der Waals surface area contributed by atoms with E-state index in [0.717, 1.165) is 18.4 Å². The van der Waals surface area contributed by atoms with Gasteiger partial charge in [-0.15, -0.1) is 0 Å². The molecule has 1 aromatic rings. The average molecular weight is 204 g/mol. The van der Waals surface area contributed by atoms with E-state index >= 15 is 0 Å². The SMILES string of the molecule is Cc1ccc(C2(C(=O)O)CCC2C)cc1. The third kappa shape index (κ3) is 1.36. The Bertz CT molecular complexity index is 380. The summed E-state index contributed by atoms with van der Waals surface area (Å²) in [6, 6.07) is 7.90. The summed E-state index contributed by atoms with van der Waals surface area (Å²) >= 11 is 0. The van der Waals surface area contributed by atoms with Gasteiger partial charge in [0, 0.05) is 0 Å². The highest BCUT2D eigenvalue weighted by atomic mass is 16.4. The second kappa shape index (κ2) is 3.37. The molecule has 2 nitrogen and oxygen atoms in total. The molecule has 0 aromatic heterocycles. The molecular weight excluding hydrogens is 188 g/mol. The van der Waals surface area contributed by atoms with Crippen molar-refractivity contribution in [3.8, 4) is 0 Å². The first kappa shape index (κ1) is 10.2. The van der Waals surface area contributed by atoms with E-state index in [4.69, 9.17) is 0 Å². The monoisotopic (exact) mass is 204 g/mol. The standard InChI is InChI=1S/C13H16O2/c1-9-3-5-11(6-4-9)13(12(14)15)8-7-10(13)2/h3-6,10H,7-8H2,1-2H3,(H,14,15). The van der Waals surface area contributed by atoms with Crippen molar-refractivity contribution in [3.05, 3.63) is 35.4 Å². The summed E-state index contributed by atoms with van der Waals surface area (Å²) in [7, 11) is 0. The first-order chi connectivity index (χ1) is 7.07. The zero-order chi connectivity index (χ0) is 11.1. The van der Waals surface area contributed by atoms with Crippen molar-refractivity contribution >= 4 is 5.97 Å². The molecular formula is C13H16O2. The molecule has 2 unspecified atom stereocenters. The van der Waals surface area contributed by atoms with Crippen LogP contribution in [-0.4, -0.2) is 11.1 Å². The van der Waals surface area contributed by atoms with Crippen LogP contribution in [0, 0.1) is 12.8 Å². The predicted octanol–water partition coefficient (Wildman–Crippen LogP) is 2.75. The predicted molar refractivity (Wildman–Crippen MR) is 58.9 cm³/mol. The van der Waals surface area contributed by atoms with Gasteiger partial charge in [0.25, 0.3) is 0 Å². The number of aryl methyl sites for hydroxylation is 1. The van der Waals surface area contributed by atoms with Crippen LogP contribution in [0.1, 0.15) is 30.9 Å². The minimum Gasteiger partial charge on any atom is -0.481 e. The van der Waals surface area contributed by atoms with Gasteiger partial charge >= 0.3 is 5.97 Å². The van der Waals surface area contributed by atoms with Crippen LogP contribution in [-0.2, 0) is 10.2 Å². The Labute approximate surface area is 89.9 Å². The number of carboxylic acid groups (broad SMARTS) is 1. The molecule has 1 fully saturated rings. The average Bonchev–Trinajstić information content (AvgIpc) is 2.19. The molecule has 2 rings (SSSR count). The molecule has 2 heteroatoms. The molecule has 0 amide bonds. The topological polar surface area (TPSA) is 37.3 Å². The largest absolute Gasteiger partial charge is 0.481 e. The van der Waals surface area contributed by atoms with E-state index in [2.05, 4.69) is 0 Å². The third-order valence-corrected chi connectivity index (χ3v) is 3.76. The van der Waals surface area contributed by atoms with Gasteiger partial charge in [0.2, 0.25) is 0 Å². The fourth-order valence-corrected chi connectivity index (χ4v) is 2.44. The van der Waals surface area contributed by atoms with E-state index in [9.17, 15) is 9.90 Å². The molecule has 2 atom stereocenters. The van der Waals surface area contributed by atoms with Gasteiger partial charge in [0.1, 0.15) is 0 Å². The third-order valence-electron chi connectivity index (χ3n) is 3.76. The van der Waals surface area contributed by atoms with Crippen molar-refractivity contribution in [2.75, 3.05) is 0 Å². The molecule has 80 valence electrons. The molecule has 0 bridgehead atoms. The van der Waals surface area contributed by atoms with Gasteiger partial charge in [-0.3, -0.25) is 4.79 Å². The number of benzene rings is 1. The van der Waals surface area contributed by atoms with Crippen LogP contribution >= 0.6 is 0 Å². The van der Waals surface area contributed by atoms with Gasteiger partial charge in [-0.2, -0.15) is 0 Å². The van der Waals surface area contributed by atoms with Crippen LogP contribution in [0.4, 0.5) is 0 Å². The summed E-state index contributed by atoms with van der Waals surface area (Å²) in [4.78, 5) is 11.4.